The zero-order chi connectivity index (χ0) is 14.6. The zero-order valence-corrected chi connectivity index (χ0v) is 12.5. The molecule has 1 saturated heterocycles. The van der Waals surface area contributed by atoms with Gasteiger partial charge in [-0.1, -0.05) is 25.1 Å². The Morgan fingerprint density at radius 3 is 2.70 bits per heavy atom. The Balaban J connectivity index is 2.07. The van der Waals surface area contributed by atoms with Crippen LogP contribution in [0.1, 0.15) is 37.8 Å². The second-order valence-electron chi connectivity index (χ2n) is 5.14. The monoisotopic (exact) mass is 298 g/mol. The van der Waals surface area contributed by atoms with Gasteiger partial charge in [-0.3, -0.25) is 0 Å². The highest BCUT2D eigenvalue weighted by Crippen LogP contribution is 2.31. The minimum atomic E-state index is -3.45. The number of nitrogens with one attached hydrogen (secondary N) is 1. The molecule has 1 fully saturated rings. The Morgan fingerprint density at radius 1 is 1.35 bits per heavy atom. The summed E-state index contributed by atoms with van der Waals surface area (Å²) < 4.78 is 28.5. The summed E-state index contributed by atoms with van der Waals surface area (Å²) in [5.74, 6) is 0.876. The summed E-state index contributed by atoms with van der Waals surface area (Å²) in [5.41, 5.74) is 1.09. The van der Waals surface area contributed by atoms with Gasteiger partial charge in [0.15, 0.2) is 0 Å². The summed E-state index contributed by atoms with van der Waals surface area (Å²) in [4.78, 5) is 0. The van der Waals surface area contributed by atoms with E-state index in [1.165, 1.54) is 0 Å². The van der Waals surface area contributed by atoms with Crippen LogP contribution < -0.4 is 15.2 Å². The van der Waals surface area contributed by atoms with E-state index in [2.05, 4.69) is 12.2 Å². The van der Waals surface area contributed by atoms with Crippen molar-refractivity contribution in [2.75, 3.05) is 13.2 Å². The van der Waals surface area contributed by atoms with Crippen LogP contribution >= 0.6 is 0 Å². The lowest BCUT2D eigenvalue weighted by atomic mass is 9.96. The lowest BCUT2D eigenvalue weighted by Crippen LogP contribution is -2.43. The van der Waals surface area contributed by atoms with Crippen molar-refractivity contribution in [1.82, 2.24) is 5.32 Å². The van der Waals surface area contributed by atoms with Crippen molar-refractivity contribution in [2.45, 2.75) is 37.5 Å². The van der Waals surface area contributed by atoms with Crippen molar-refractivity contribution in [1.29, 1.82) is 0 Å². The van der Waals surface area contributed by atoms with E-state index >= 15 is 0 Å². The second kappa shape index (κ2) is 6.56. The molecule has 0 aliphatic carbocycles. The summed E-state index contributed by atoms with van der Waals surface area (Å²) >= 11 is 0. The van der Waals surface area contributed by atoms with Crippen molar-refractivity contribution in [2.24, 2.45) is 5.14 Å². The van der Waals surface area contributed by atoms with Gasteiger partial charge >= 0.3 is 0 Å². The van der Waals surface area contributed by atoms with Crippen LogP contribution in [0.25, 0.3) is 0 Å². The molecule has 6 heteroatoms. The van der Waals surface area contributed by atoms with Crippen LogP contribution in [0.4, 0.5) is 0 Å². The average Bonchev–Trinajstić information content (AvgIpc) is 2.45. The summed E-state index contributed by atoms with van der Waals surface area (Å²) in [7, 11) is -3.45. The first-order chi connectivity index (χ1) is 9.52. The van der Waals surface area contributed by atoms with Crippen LogP contribution in [0.2, 0.25) is 0 Å². The maximum absolute atomic E-state index is 11.4. The summed E-state index contributed by atoms with van der Waals surface area (Å²) in [6.07, 6.45) is 2.28. The number of piperidine rings is 1. The van der Waals surface area contributed by atoms with Crippen molar-refractivity contribution in [3.05, 3.63) is 29.8 Å². The smallest absolute Gasteiger partial charge is 0.213 e. The molecule has 0 aromatic heterocycles. The molecule has 2 rings (SSSR count). The number of hydrogen-bond donors (Lipinski definition) is 2. The van der Waals surface area contributed by atoms with Gasteiger partial charge in [-0.15, -0.1) is 0 Å². The van der Waals surface area contributed by atoms with E-state index in [4.69, 9.17) is 9.88 Å². The number of benzene rings is 1. The van der Waals surface area contributed by atoms with Crippen LogP contribution in [0, 0.1) is 0 Å². The molecule has 112 valence electrons. The number of para-hydroxylation sites is 1. The van der Waals surface area contributed by atoms with Gasteiger partial charge in [-0.25, -0.2) is 13.6 Å². The molecule has 1 heterocycles. The number of primary sulfonamides is 1. The summed E-state index contributed by atoms with van der Waals surface area (Å²) in [6, 6.07) is 8.03. The van der Waals surface area contributed by atoms with Crippen molar-refractivity contribution in [3.8, 4) is 5.75 Å². The number of rotatable bonds is 5. The van der Waals surface area contributed by atoms with E-state index < -0.39 is 15.3 Å². The minimum absolute atomic E-state index is 0.126. The van der Waals surface area contributed by atoms with E-state index in [9.17, 15) is 8.42 Å². The molecule has 1 aromatic carbocycles. The Bertz CT molecular complexity index is 537. The van der Waals surface area contributed by atoms with Gasteiger partial charge in [0.05, 0.1) is 11.9 Å². The van der Waals surface area contributed by atoms with Crippen molar-refractivity contribution < 1.29 is 13.2 Å². The molecule has 0 saturated carbocycles. The highest BCUT2D eigenvalue weighted by molar-refractivity contribution is 7.89. The molecule has 20 heavy (non-hydrogen) atoms. The first-order valence-electron chi connectivity index (χ1n) is 6.99. The third kappa shape index (κ3) is 3.71. The van der Waals surface area contributed by atoms with Gasteiger partial charge in [-0.2, -0.15) is 0 Å². The molecule has 1 aromatic rings. The Morgan fingerprint density at radius 2 is 2.10 bits per heavy atom. The number of nitrogens with two attached hydrogens (primary N) is 1. The van der Waals surface area contributed by atoms with E-state index in [1.807, 2.05) is 24.3 Å². The predicted molar refractivity (Wildman–Crippen MR) is 79.1 cm³/mol. The summed E-state index contributed by atoms with van der Waals surface area (Å²) in [5, 5.41) is 7.98. The maximum atomic E-state index is 11.4. The van der Waals surface area contributed by atoms with E-state index in [0.29, 0.717) is 19.6 Å². The number of hydrogen-bond acceptors (Lipinski definition) is 4. The lowest BCUT2D eigenvalue weighted by Gasteiger charge is -2.29. The molecule has 5 nitrogen and oxygen atoms in total. The summed E-state index contributed by atoms with van der Waals surface area (Å²) in [6.45, 7) is 3.15. The predicted octanol–water partition coefficient (Wildman–Crippen LogP) is 1.56. The van der Waals surface area contributed by atoms with Crippen LogP contribution in [0.15, 0.2) is 24.3 Å². The lowest BCUT2D eigenvalue weighted by molar-refractivity contribution is 0.305. The van der Waals surface area contributed by atoms with Gasteiger partial charge in [0.25, 0.3) is 0 Å². The minimum Gasteiger partial charge on any atom is -0.493 e. The number of sulfonamides is 1. The van der Waals surface area contributed by atoms with Gasteiger partial charge in [0.2, 0.25) is 10.0 Å². The average molecular weight is 298 g/mol. The molecule has 2 atom stereocenters. The third-order valence-corrected chi connectivity index (χ3v) is 4.92. The Hall–Kier alpha value is -1.11. The molecular formula is C14H22N2O3S. The van der Waals surface area contributed by atoms with Gasteiger partial charge in [0, 0.05) is 18.2 Å². The maximum Gasteiger partial charge on any atom is 0.213 e. The largest absolute Gasteiger partial charge is 0.493 e. The fraction of sp³-hybridized carbons (Fsp3) is 0.571. The van der Waals surface area contributed by atoms with Crippen LogP contribution in [0.3, 0.4) is 0 Å². The zero-order valence-electron chi connectivity index (χ0n) is 11.7. The fourth-order valence-electron chi connectivity index (χ4n) is 2.49. The normalized spacial score (nSPS) is 23.5. The molecule has 2 unspecified atom stereocenters. The Labute approximate surface area is 120 Å². The molecule has 1 aliphatic heterocycles. The topological polar surface area (TPSA) is 81.4 Å². The highest BCUT2D eigenvalue weighted by Gasteiger charge is 2.29. The van der Waals surface area contributed by atoms with Crippen molar-refractivity contribution >= 4 is 10.0 Å². The first-order valence-corrected chi connectivity index (χ1v) is 8.60. The third-order valence-electron chi connectivity index (χ3n) is 3.59. The van der Waals surface area contributed by atoms with Crippen LogP contribution in [0.5, 0.6) is 5.75 Å². The van der Waals surface area contributed by atoms with E-state index in [0.717, 1.165) is 24.2 Å². The highest BCUT2D eigenvalue weighted by atomic mass is 32.2. The SMILES string of the molecule is CCCOc1ccccc1C1CCC(S(N)(=O)=O)CN1. The van der Waals surface area contributed by atoms with Gasteiger partial charge in [-0.05, 0) is 25.3 Å². The number of ether oxygens (including phenoxy) is 1. The molecule has 0 radical (unpaired) electrons. The molecule has 1 aliphatic rings. The fourth-order valence-corrected chi connectivity index (χ4v) is 3.28. The quantitative estimate of drug-likeness (QED) is 0.864. The van der Waals surface area contributed by atoms with Crippen LogP contribution in [-0.2, 0) is 10.0 Å². The molecule has 0 spiro atoms. The Kier molecular flexibility index (Phi) is 5.01. The second-order valence-corrected chi connectivity index (χ2v) is 6.98. The van der Waals surface area contributed by atoms with Gasteiger partial charge < -0.3 is 10.1 Å². The van der Waals surface area contributed by atoms with E-state index in [1.54, 1.807) is 0 Å². The van der Waals surface area contributed by atoms with E-state index in [-0.39, 0.29) is 6.04 Å². The molecular weight excluding hydrogens is 276 g/mol. The molecule has 0 bridgehead atoms. The molecule has 0 amide bonds. The standard InChI is InChI=1S/C14H22N2O3S/c1-2-9-19-14-6-4-3-5-12(14)13-8-7-11(10-16-13)20(15,17)18/h3-6,11,13,16H,2,7-10H2,1H3,(H2,15,17,18). The van der Waals surface area contributed by atoms with Gasteiger partial charge in [0.1, 0.15) is 5.75 Å². The first kappa shape index (κ1) is 15.3. The van der Waals surface area contributed by atoms with Crippen molar-refractivity contribution in [3.63, 3.8) is 0 Å². The van der Waals surface area contributed by atoms with Crippen LogP contribution in [-0.4, -0.2) is 26.8 Å². The molecule has 3 N–H and O–H groups in total.